The van der Waals surface area contributed by atoms with Gasteiger partial charge in [-0.15, -0.1) is 11.3 Å². The zero-order valence-electron chi connectivity index (χ0n) is 15.1. The van der Waals surface area contributed by atoms with Gasteiger partial charge in [0.05, 0.1) is 0 Å². The van der Waals surface area contributed by atoms with E-state index in [9.17, 15) is 9.90 Å². The van der Waals surface area contributed by atoms with E-state index >= 15 is 0 Å². The largest absolute Gasteiger partial charge is 0.443 e. The van der Waals surface area contributed by atoms with Crippen LogP contribution in [0.2, 0.25) is 0 Å². The van der Waals surface area contributed by atoms with Gasteiger partial charge in [-0.3, -0.25) is 9.69 Å². The lowest BCUT2D eigenvalue weighted by molar-refractivity contribution is 0.0873. The minimum Gasteiger partial charge on any atom is -0.443 e. The molecule has 3 rings (SSSR count). The van der Waals surface area contributed by atoms with E-state index in [-0.39, 0.29) is 17.7 Å². The normalized spacial score (nSPS) is 18.2. The van der Waals surface area contributed by atoms with Crippen molar-refractivity contribution in [1.29, 1.82) is 0 Å². The van der Waals surface area contributed by atoms with E-state index < -0.39 is 5.60 Å². The number of carbonyl (C=O) groups excluding carboxylic acids is 1. The van der Waals surface area contributed by atoms with E-state index in [4.69, 9.17) is 4.42 Å². The first-order valence-electron chi connectivity index (χ1n) is 8.80. The Kier molecular flexibility index (Phi) is 5.82. The van der Waals surface area contributed by atoms with Gasteiger partial charge in [-0.25, -0.2) is 0 Å². The summed E-state index contributed by atoms with van der Waals surface area (Å²) in [6.07, 6.45) is 2.04. The fraction of sp³-hybridized carbons (Fsp3) is 0.450. The summed E-state index contributed by atoms with van der Waals surface area (Å²) in [6.45, 7) is 6.03. The maximum atomic E-state index is 12.4. The van der Waals surface area contributed by atoms with Gasteiger partial charge in [-0.05, 0) is 62.7 Å². The van der Waals surface area contributed by atoms with Crippen molar-refractivity contribution in [2.24, 2.45) is 0 Å². The molecule has 6 heteroatoms. The predicted octanol–water partition coefficient (Wildman–Crippen LogP) is 2.86. The molecular weight excluding hydrogens is 348 g/mol. The third-order valence-electron chi connectivity index (χ3n) is 4.12. The molecule has 1 aliphatic heterocycles. The smallest absolute Gasteiger partial charge is 0.287 e. The van der Waals surface area contributed by atoms with Gasteiger partial charge in [0, 0.05) is 24.0 Å². The molecule has 0 aliphatic carbocycles. The van der Waals surface area contributed by atoms with E-state index in [0.717, 1.165) is 32.5 Å². The van der Waals surface area contributed by atoms with Crippen LogP contribution >= 0.6 is 11.3 Å². The highest BCUT2D eigenvalue weighted by molar-refractivity contribution is 7.09. The van der Waals surface area contributed by atoms with Crippen LogP contribution in [0.4, 0.5) is 0 Å². The van der Waals surface area contributed by atoms with Gasteiger partial charge in [-0.1, -0.05) is 12.0 Å². The van der Waals surface area contributed by atoms with Gasteiger partial charge in [0.1, 0.15) is 5.60 Å². The SMILES string of the molecule is CC(C)(O)C#Cc1ccc(C(=O)N[C@@H]2CCCN(Cc3cccs3)C2)o1. The molecule has 0 spiro atoms. The van der Waals surface area contributed by atoms with Crippen LogP contribution in [-0.4, -0.2) is 40.6 Å². The zero-order chi connectivity index (χ0) is 18.6. The Hall–Kier alpha value is -2.07. The van der Waals surface area contributed by atoms with E-state index in [2.05, 4.69) is 39.6 Å². The molecule has 26 heavy (non-hydrogen) atoms. The van der Waals surface area contributed by atoms with Gasteiger partial charge >= 0.3 is 0 Å². The first kappa shape index (κ1) is 18.7. The Balaban J connectivity index is 1.55. The first-order valence-corrected chi connectivity index (χ1v) is 9.68. The number of piperidine rings is 1. The molecule has 0 radical (unpaired) electrons. The molecule has 1 aliphatic rings. The average molecular weight is 372 g/mol. The van der Waals surface area contributed by atoms with Crippen molar-refractivity contribution >= 4 is 17.2 Å². The van der Waals surface area contributed by atoms with Crippen LogP contribution < -0.4 is 5.32 Å². The maximum absolute atomic E-state index is 12.4. The van der Waals surface area contributed by atoms with Crippen LogP contribution in [0.3, 0.4) is 0 Å². The van der Waals surface area contributed by atoms with Crippen LogP contribution in [-0.2, 0) is 6.54 Å². The number of nitrogens with zero attached hydrogens (tertiary/aromatic N) is 1. The number of furan rings is 1. The van der Waals surface area contributed by atoms with Crippen molar-refractivity contribution in [3.63, 3.8) is 0 Å². The Morgan fingerprint density at radius 2 is 2.31 bits per heavy atom. The average Bonchev–Trinajstić information content (AvgIpc) is 3.24. The summed E-state index contributed by atoms with van der Waals surface area (Å²) in [7, 11) is 0. The molecule has 0 aromatic carbocycles. The van der Waals surface area contributed by atoms with Gasteiger partial charge in [0.2, 0.25) is 0 Å². The van der Waals surface area contributed by atoms with Crippen molar-refractivity contribution in [2.45, 2.75) is 44.9 Å². The zero-order valence-corrected chi connectivity index (χ0v) is 15.9. The highest BCUT2D eigenvalue weighted by atomic mass is 32.1. The fourth-order valence-corrected chi connectivity index (χ4v) is 3.68. The topological polar surface area (TPSA) is 65.7 Å². The third-order valence-corrected chi connectivity index (χ3v) is 4.98. The third kappa shape index (κ3) is 5.46. The van der Waals surface area contributed by atoms with E-state index in [1.807, 2.05) is 0 Å². The Morgan fingerprint density at radius 1 is 1.46 bits per heavy atom. The number of likely N-dealkylation sites (tertiary alicyclic amines) is 1. The van der Waals surface area contributed by atoms with E-state index in [0.29, 0.717) is 5.76 Å². The number of thiophene rings is 1. The van der Waals surface area contributed by atoms with Crippen molar-refractivity contribution in [3.8, 4) is 11.8 Å². The number of hydrogen-bond acceptors (Lipinski definition) is 5. The van der Waals surface area contributed by atoms with Crippen molar-refractivity contribution in [1.82, 2.24) is 10.2 Å². The summed E-state index contributed by atoms with van der Waals surface area (Å²) >= 11 is 1.76. The minimum atomic E-state index is -1.09. The number of amides is 1. The number of nitrogens with one attached hydrogen (secondary N) is 1. The lowest BCUT2D eigenvalue weighted by atomic mass is 10.1. The number of carbonyl (C=O) groups is 1. The Bertz CT molecular complexity index is 793. The quantitative estimate of drug-likeness (QED) is 0.810. The lowest BCUT2D eigenvalue weighted by Crippen LogP contribution is -2.47. The molecule has 138 valence electrons. The van der Waals surface area contributed by atoms with Crippen molar-refractivity contribution in [2.75, 3.05) is 13.1 Å². The van der Waals surface area contributed by atoms with Crippen LogP contribution in [0, 0.1) is 11.8 Å². The molecular formula is C20H24N2O3S. The van der Waals surface area contributed by atoms with Gasteiger partial charge in [0.25, 0.3) is 5.91 Å². The summed E-state index contributed by atoms with van der Waals surface area (Å²) in [5, 5.41) is 14.8. The number of aliphatic hydroxyl groups is 1. The molecule has 1 fully saturated rings. The molecule has 1 atom stereocenters. The summed E-state index contributed by atoms with van der Waals surface area (Å²) in [5.41, 5.74) is -1.09. The second-order valence-electron chi connectivity index (χ2n) is 7.10. The molecule has 2 aromatic rings. The van der Waals surface area contributed by atoms with Gasteiger partial charge in [-0.2, -0.15) is 0 Å². The highest BCUT2D eigenvalue weighted by Gasteiger charge is 2.23. The molecule has 0 bridgehead atoms. The van der Waals surface area contributed by atoms with Gasteiger partial charge in [0.15, 0.2) is 11.5 Å². The van der Waals surface area contributed by atoms with E-state index in [1.54, 1.807) is 37.3 Å². The monoisotopic (exact) mass is 372 g/mol. The fourth-order valence-electron chi connectivity index (χ4n) is 2.94. The van der Waals surface area contributed by atoms with Crippen molar-refractivity contribution < 1.29 is 14.3 Å². The minimum absolute atomic E-state index is 0.118. The maximum Gasteiger partial charge on any atom is 0.287 e. The van der Waals surface area contributed by atoms with Crippen LogP contribution in [0.5, 0.6) is 0 Å². The molecule has 5 nitrogen and oxygen atoms in total. The molecule has 3 heterocycles. The highest BCUT2D eigenvalue weighted by Crippen LogP contribution is 2.17. The number of rotatable bonds is 4. The van der Waals surface area contributed by atoms with Crippen LogP contribution in [0.15, 0.2) is 34.1 Å². The predicted molar refractivity (Wildman–Crippen MR) is 102 cm³/mol. The standard InChI is InChI=1S/C20H24N2O3S/c1-20(2,24)10-9-16-7-8-18(25-16)19(23)21-15-5-3-11-22(13-15)14-17-6-4-12-26-17/h4,6-8,12,15,24H,3,5,11,13-14H2,1-2H3,(H,21,23)/t15-/m1/s1. The first-order chi connectivity index (χ1) is 12.4. The molecule has 0 unspecified atom stereocenters. The Morgan fingerprint density at radius 3 is 3.04 bits per heavy atom. The second kappa shape index (κ2) is 8.09. The lowest BCUT2D eigenvalue weighted by Gasteiger charge is -2.32. The molecule has 1 saturated heterocycles. The summed E-state index contributed by atoms with van der Waals surface area (Å²) in [6, 6.07) is 7.60. The van der Waals surface area contributed by atoms with Crippen molar-refractivity contribution in [3.05, 3.63) is 46.0 Å². The summed E-state index contributed by atoms with van der Waals surface area (Å²) < 4.78 is 5.49. The van der Waals surface area contributed by atoms with E-state index in [1.165, 1.54) is 4.88 Å². The Labute approximate surface area is 158 Å². The molecule has 1 amide bonds. The number of hydrogen-bond donors (Lipinski definition) is 2. The second-order valence-corrected chi connectivity index (χ2v) is 8.13. The summed E-state index contributed by atoms with van der Waals surface area (Å²) in [4.78, 5) is 16.2. The van der Waals surface area contributed by atoms with Crippen LogP contribution in [0.25, 0.3) is 0 Å². The molecule has 2 N–H and O–H groups in total. The summed E-state index contributed by atoms with van der Waals surface area (Å²) in [5.74, 6) is 5.82. The van der Waals surface area contributed by atoms with Gasteiger partial charge < -0.3 is 14.8 Å². The van der Waals surface area contributed by atoms with Crippen LogP contribution in [0.1, 0.15) is 47.9 Å². The molecule has 2 aromatic heterocycles. The molecule has 0 saturated carbocycles.